The van der Waals surface area contributed by atoms with E-state index in [1.54, 1.807) is 0 Å². The van der Waals surface area contributed by atoms with Gasteiger partial charge in [-0.2, -0.15) is 0 Å². The highest BCUT2D eigenvalue weighted by molar-refractivity contribution is 7.89. The molecule has 1 atom stereocenters. The van der Waals surface area contributed by atoms with E-state index >= 15 is 0 Å². The van der Waals surface area contributed by atoms with Crippen molar-refractivity contribution >= 4 is 27.3 Å². The molecule has 118 valence electrons. The van der Waals surface area contributed by atoms with Crippen molar-refractivity contribution < 1.29 is 17.9 Å². The Morgan fingerprint density at radius 1 is 1.57 bits per heavy atom. The minimum Gasteiger partial charge on any atom is -0.465 e. The number of piperidine rings is 1. The van der Waals surface area contributed by atoms with Crippen molar-refractivity contribution in [2.45, 2.75) is 24.2 Å². The van der Waals surface area contributed by atoms with E-state index in [4.69, 9.17) is 0 Å². The van der Waals surface area contributed by atoms with Crippen LogP contribution in [0.4, 0.5) is 0 Å². The van der Waals surface area contributed by atoms with Crippen LogP contribution in [-0.4, -0.2) is 41.1 Å². The second-order valence-electron chi connectivity index (χ2n) is 5.04. The molecule has 1 fully saturated rings. The summed E-state index contributed by atoms with van der Waals surface area (Å²) in [6.07, 6.45) is 3.10. The van der Waals surface area contributed by atoms with E-state index in [1.807, 2.05) is 0 Å². The third-order valence-corrected chi connectivity index (χ3v) is 6.02. The third kappa shape index (κ3) is 4.50. The van der Waals surface area contributed by atoms with Crippen LogP contribution >= 0.6 is 11.3 Å². The molecule has 0 aliphatic carbocycles. The zero-order chi connectivity index (χ0) is 15.3. The zero-order valence-electron chi connectivity index (χ0n) is 11.9. The Balaban J connectivity index is 1.89. The maximum absolute atomic E-state index is 12.1. The molecule has 0 amide bonds. The molecule has 0 saturated carbocycles. The van der Waals surface area contributed by atoms with Crippen LogP contribution in [0.1, 0.15) is 28.9 Å². The van der Waals surface area contributed by atoms with E-state index in [0.717, 1.165) is 43.7 Å². The van der Waals surface area contributed by atoms with Crippen LogP contribution in [0.2, 0.25) is 0 Å². The topological polar surface area (TPSA) is 84.5 Å². The van der Waals surface area contributed by atoms with Gasteiger partial charge in [-0.15, -0.1) is 11.3 Å². The monoisotopic (exact) mass is 332 g/mol. The lowest BCUT2D eigenvalue weighted by atomic mass is 9.96. The third-order valence-electron chi connectivity index (χ3n) is 3.52. The molecule has 1 aromatic heterocycles. The Labute approximate surface area is 128 Å². The Morgan fingerprint density at radius 2 is 2.38 bits per heavy atom. The number of carbonyl (C=O) groups is 1. The Morgan fingerprint density at radius 3 is 3.05 bits per heavy atom. The smallest absolute Gasteiger partial charge is 0.348 e. The summed E-state index contributed by atoms with van der Waals surface area (Å²) < 4.78 is 31.4. The van der Waals surface area contributed by atoms with Crippen molar-refractivity contribution in [2.75, 3.05) is 26.7 Å². The molecule has 0 spiro atoms. The van der Waals surface area contributed by atoms with Gasteiger partial charge in [-0.3, -0.25) is 0 Å². The first-order valence-corrected chi connectivity index (χ1v) is 9.26. The molecule has 1 saturated heterocycles. The number of sulfonamides is 1. The van der Waals surface area contributed by atoms with Gasteiger partial charge in [0.25, 0.3) is 0 Å². The van der Waals surface area contributed by atoms with E-state index in [2.05, 4.69) is 14.8 Å². The predicted molar refractivity (Wildman–Crippen MR) is 81.1 cm³/mol. The number of hydrogen-bond donors (Lipinski definition) is 2. The van der Waals surface area contributed by atoms with E-state index in [1.165, 1.54) is 18.6 Å². The minimum absolute atomic E-state index is 0.120. The molecule has 1 aromatic rings. The molecule has 0 bridgehead atoms. The average Bonchev–Trinajstić information content (AvgIpc) is 2.98. The van der Waals surface area contributed by atoms with Crippen molar-refractivity contribution in [3.05, 3.63) is 16.3 Å². The minimum atomic E-state index is -3.55. The van der Waals surface area contributed by atoms with Crippen LogP contribution in [0.15, 0.2) is 16.3 Å². The van der Waals surface area contributed by atoms with Gasteiger partial charge >= 0.3 is 5.97 Å². The van der Waals surface area contributed by atoms with Crippen LogP contribution in [0, 0.1) is 5.92 Å². The molecule has 6 nitrogen and oxygen atoms in total. The Kier molecular flexibility index (Phi) is 5.74. The fourth-order valence-electron chi connectivity index (χ4n) is 2.32. The molecule has 2 N–H and O–H groups in total. The molecule has 2 heterocycles. The first-order valence-electron chi connectivity index (χ1n) is 6.90. The molecule has 1 aliphatic heterocycles. The Bertz CT molecular complexity index is 577. The first kappa shape index (κ1) is 16.4. The summed E-state index contributed by atoms with van der Waals surface area (Å²) in [5.74, 6) is 0.00397. The van der Waals surface area contributed by atoms with Gasteiger partial charge in [0.1, 0.15) is 4.88 Å². The summed E-state index contributed by atoms with van der Waals surface area (Å²) in [7, 11) is -2.28. The van der Waals surface area contributed by atoms with Crippen molar-refractivity contribution in [3.63, 3.8) is 0 Å². The lowest BCUT2D eigenvalue weighted by Gasteiger charge is -2.22. The van der Waals surface area contributed by atoms with Crippen molar-refractivity contribution in [2.24, 2.45) is 5.92 Å². The maximum Gasteiger partial charge on any atom is 0.348 e. The predicted octanol–water partition coefficient (Wildman–Crippen LogP) is 1.20. The summed E-state index contributed by atoms with van der Waals surface area (Å²) in [5, 5.41) is 4.76. The van der Waals surface area contributed by atoms with Gasteiger partial charge in [0.05, 0.1) is 12.0 Å². The standard InChI is InChI=1S/C13H20N2O4S2/c1-19-13(16)12-7-11(9-20-12)21(17,18)15-6-4-10-3-2-5-14-8-10/h7,9-10,14-15H,2-6,8H2,1H3. The Hall–Kier alpha value is -0.960. The number of ether oxygens (including phenoxy) is 1. The second kappa shape index (κ2) is 7.35. The molecular formula is C13H20N2O4S2. The molecule has 8 heteroatoms. The number of hydrogen-bond acceptors (Lipinski definition) is 6. The second-order valence-corrected chi connectivity index (χ2v) is 7.72. The summed E-state index contributed by atoms with van der Waals surface area (Å²) in [4.78, 5) is 11.7. The largest absolute Gasteiger partial charge is 0.465 e. The lowest BCUT2D eigenvalue weighted by Crippen LogP contribution is -2.33. The van der Waals surface area contributed by atoms with Crippen LogP contribution in [-0.2, 0) is 14.8 Å². The van der Waals surface area contributed by atoms with Crippen molar-refractivity contribution in [1.82, 2.24) is 10.0 Å². The van der Waals surface area contributed by atoms with E-state index < -0.39 is 16.0 Å². The van der Waals surface area contributed by atoms with Gasteiger partial charge in [-0.1, -0.05) is 0 Å². The van der Waals surface area contributed by atoms with Gasteiger partial charge in [-0.05, 0) is 44.3 Å². The number of carbonyl (C=O) groups excluding carboxylic acids is 1. The SMILES string of the molecule is COC(=O)c1cc(S(=O)(=O)NCCC2CCCNC2)cs1. The van der Waals surface area contributed by atoms with Crippen LogP contribution in [0.3, 0.4) is 0 Å². The molecule has 1 unspecified atom stereocenters. The van der Waals surface area contributed by atoms with Gasteiger partial charge in [0, 0.05) is 11.9 Å². The maximum atomic E-state index is 12.1. The average molecular weight is 332 g/mol. The molecule has 0 aromatic carbocycles. The molecular weight excluding hydrogens is 312 g/mol. The van der Waals surface area contributed by atoms with Crippen molar-refractivity contribution in [3.8, 4) is 0 Å². The number of esters is 1. The quantitative estimate of drug-likeness (QED) is 0.765. The molecule has 2 rings (SSSR count). The highest BCUT2D eigenvalue weighted by atomic mass is 32.2. The number of nitrogens with one attached hydrogen (secondary N) is 2. The lowest BCUT2D eigenvalue weighted by molar-refractivity contribution is 0.0606. The van der Waals surface area contributed by atoms with E-state index in [9.17, 15) is 13.2 Å². The number of rotatable bonds is 6. The van der Waals surface area contributed by atoms with Crippen molar-refractivity contribution in [1.29, 1.82) is 0 Å². The number of thiophene rings is 1. The zero-order valence-corrected chi connectivity index (χ0v) is 13.6. The van der Waals surface area contributed by atoms with Crippen LogP contribution in [0.5, 0.6) is 0 Å². The fraction of sp³-hybridized carbons (Fsp3) is 0.615. The summed E-state index contributed by atoms with van der Waals surface area (Å²) >= 11 is 1.07. The summed E-state index contributed by atoms with van der Waals surface area (Å²) in [6.45, 7) is 2.41. The highest BCUT2D eigenvalue weighted by Gasteiger charge is 2.20. The van der Waals surface area contributed by atoms with E-state index in [0.29, 0.717) is 12.5 Å². The molecule has 0 radical (unpaired) electrons. The van der Waals surface area contributed by atoms with Crippen LogP contribution < -0.4 is 10.0 Å². The summed E-state index contributed by atoms with van der Waals surface area (Å²) in [6, 6.07) is 1.35. The normalized spacial score (nSPS) is 19.4. The summed E-state index contributed by atoms with van der Waals surface area (Å²) in [5.41, 5.74) is 0. The van der Waals surface area contributed by atoms with E-state index in [-0.39, 0.29) is 9.77 Å². The molecule has 21 heavy (non-hydrogen) atoms. The number of methoxy groups -OCH3 is 1. The van der Waals surface area contributed by atoms with Gasteiger partial charge < -0.3 is 10.1 Å². The molecule has 1 aliphatic rings. The fourth-order valence-corrected chi connectivity index (χ4v) is 4.56. The highest BCUT2D eigenvalue weighted by Crippen LogP contribution is 2.20. The first-order chi connectivity index (χ1) is 10.0. The van der Waals surface area contributed by atoms with Crippen LogP contribution in [0.25, 0.3) is 0 Å². The van der Waals surface area contributed by atoms with Gasteiger partial charge in [-0.25, -0.2) is 17.9 Å². The van der Waals surface area contributed by atoms with Gasteiger partial charge in [0.15, 0.2) is 0 Å². The van der Waals surface area contributed by atoms with Gasteiger partial charge in [0.2, 0.25) is 10.0 Å².